The largest absolute Gasteiger partial charge is 0.459 e. The average Bonchev–Trinajstić information content (AvgIpc) is 2.74. The molecule has 0 aromatic rings. The number of carbonyl (C=O) groups excluding carboxylic acids is 1. The SMILES string of the molecule is C=C(C)C(=O)OCC12C=CC(CC1)O2. The van der Waals surface area contributed by atoms with Crippen LogP contribution < -0.4 is 0 Å². The monoisotopic (exact) mass is 194 g/mol. The Kier molecular flexibility index (Phi) is 2.19. The van der Waals surface area contributed by atoms with E-state index in [1.165, 1.54) is 0 Å². The minimum absolute atomic E-state index is 0.235. The van der Waals surface area contributed by atoms with Gasteiger partial charge in [0.05, 0.1) is 6.10 Å². The Morgan fingerprint density at radius 1 is 1.79 bits per heavy atom. The van der Waals surface area contributed by atoms with Crippen molar-refractivity contribution in [3.63, 3.8) is 0 Å². The van der Waals surface area contributed by atoms with Gasteiger partial charge in [-0.1, -0.05) is 18.7 Å². The lowest BCUT2D eigenvalue weighted by Crippen LogP contribution is -2.31. The van der Waals surface area contributed by atoms with Crippen molar-refractivity contribution in [2.24, 2.45) is 0 Å². The molecule has 2 unspecified atom stereocenters. The van der Waals surface area contributed by atoms with Gasteiger partial charge in [0.25, 0.3) is 0 Å². The molecule has 2 bridgehead atoms. The van der Waals surface area contributed by atoms with Crippen LogP contribution in [-0.4, -0.2) is 24.3 Å². The number of esters is 1. The molecule has 0 spiro atoms. The predicted octanol–water partition coefficient (Wildman–Crippen LogP) is 1.59. The van der Waals surface area contributed by atoms with Crippen molar-refractivity contribution in [2.45, 2.75) is 31.5 Å². The highest BCUT2D eigenvalue weighted by atomic mass is 16.6. The summed E-state index contributed by atoms with van der Waals surface area (Å²) in [5, 5.41) is 0. The zero-order valence-electron chi connectivity index (χ0n) is 8.29. The third kappa shape index (κ3) is 1.60. The van der Waals surface area contributed by atoms with E-state index in [-0.39, 0.29) is 17.7 Å². The molecule has 1 saturated heterocycles. The maximum atomic E-state index is 11.2. The fraction of sp³-hybridized carbons (Fsp3) is 0.545. The Hall–Kier alpha value is -1.09. The van der Waals surface area contributed by atoms with E-state index in [0.29, 0.717) is 12.2 Å². The highest BCUT2D eigenvalue weighted by molar-refractivity contribution is 5.86. The second-order valence-electron chi connectivity index (χ2n) is 3.98. The van der Waals surface area contributed by atoms with Gasteiger partial charge in [-0.05, 0) is 19.8 Å². The van der Waals surface area contributed by atoms with Gasteiger partial charge in [0, 0.05) is 5.57 Å². The second-order valence-corrected chi connectivity index (χ2v) is 3.98. The molecule has 2 aliphatic heterocycles. The van der Waals surface area contributed by atoms with Crippen molar-refractivity contribution < 1.29 is 14.3 Å². The van der Waals surface area contributed by atoms with Crippen molar-refractivity contribution >= 4 is 5.97 Å². The Labute approximate surface area is 83.4 Å². The summed E-state index contributed by atoms with van der Waals surface area (Å²) >= 11 is 0. The zero-order chi connectivity index (χ0) is 10.2. The van der Waals surface area contributed by atoms with Gasteiger partial charge < -0.3 is 9.47 Å². The van der Waals surface area contributed by atoms with Crippen molar-refractivity contribution in [2.75, 3.05) is 6.61 Å². The van der Waals surface area contributed by atoms with Gasteiger partial charge in [-0.25, -0.2) is 4.79 Å². The Bertz CT molecular complexity index is 306. The van der Waals surface area contributed by atoms with Crippen LogP contribution in [0.3, 0.4) is 0 Å². The molecule has 0 aromatic heterocycles. The molecule has 2 heterocycles. The highest BCUT2D eigenvalue weighted by Crippen LogP contribution is 2.38. The summed E-state index contributed by atoms with van der Waals surface area (Å²) in [6.07, 6.45) is 6.25. The van der Waals surface area contributed by atoms with E-state index in [1.807, 2.05) is 12.2 Å². The molecule has 1 fully saturated rings. The van der Waals surface area contributed by atoms with Gasteiger partial charge in [-0.15, -0.1) is 0 Å². The fourth-order valence-corrected chi connectivity index (χ4v) is 1.81. The maximum Gasteiger partial charge on any atom is 0.333 e. The number of hydrogen-bond acceptors (Lipinski definition) is 3. The highest BCUT2D eigenvalue weighted by Gasteiger charge is 2.42. The Morgan fingerprint density at radius 2 is 2.57 bits per heavy atom. The molecule has 2 aliphatic rings. The van der Waals surface area contributed by atoms with Crippen molar-refractivity contribution in [3.05, 3.63) is 24.3 Å². The first-order valence-electron chi connectivity index (χ1n) is 4.81. The summed E-state index contributed by atoms with van der Waals surface area (Å²) < 4.78 is 10.8. The number of hydrogen-bond donors (Lipinski definition) is 0. The van der Waals surface area contributed by atoms with Gasteiger partial charge in [-0.2, -0.15) is 0 Å². The molecule has 2 rings (SSSR count). The summed E-state index contributed by atoms with van der Waals surface area (Å²) in [7, 11) is 0. The number of carbonyl (C=O) groups is 1. The first-order chi connectivity index (χ1) is 6.61. The summed E-state index contributed by atoms with van der Waals surface area (Å²) in [6.45, 7) is 5.48. The minimum Gasteiger partial charge on any atom is -0.459 e. The van der Waals surface area contributed by atoms with E-state index in [9.17, 15) is 4.79 Å². The van der Waals surface area contributed by atoms with Crippen LogP contribution in [0.1, 0.15) is 19.8 Å². The molecule has 0 amide bonds. The predicted molar refractivity (Wildman–Crippen MR) is 51.8 cm³/mol. The van der Waals surface area contributed by atoms with E-state index >= 15 is 0 Å². The van der Waals surface area contributed by atoms with Gasteiger partial charge in [0.1, 0.15) is 12.2 Å². The lowest BCUT2D eigenvalue weighted by molar-refractivity contribution is -0.145. The molecule has 0 saturated carbocycles. The third-order valence-corrected chi connectivity index (χ3v) is 2.65. The molecule has 2 atom stereocenters. The molecule has 0 radical (unpaired) electrons. The Balaban J connectivity index is 1.90. The number of rotatable bonds is 3. The molecule has 3 heteroatoms. The zero-order valence-corrected chi connectivity index (χ0v) is 8.29. The van der Waals surface area contributed by atoms with Crippen molar-refractivity contribution in [1.29, 1.82) is 0 Å². The fourth-order valence-electron chi connectivity index (χ4n) is 1.81. The van der Waals surface area contributed by atoms with Crippen LogP contribution in [0.15, 0.2) is 24.3 Å². The Morgan fingerprint density at radius 3 is 3.00 bits per heavy atom. The third-order valence-electron chi connectivity index (χ3n) is 2.65. The van der Waals surface area contributed by atoms with Crippen LogP contribution in [0.4, 0.5) is 0 Å². The summed E-state index contributed by atoms with van der Waals surface area (Å²) in [5.74, 6) is -0.341. The van der Waals surface area contributed by atoms with Crippen LogP contribution in [0, 0.1) is 0 Å². The van der Waals surface area contributed by atoms with Crippen LogP contribution in [0.25, 0.3) is 0 Å². The first kappa shape index (κ1) is 9.46. The molecule has 14 heavy (non-hydrogen) atoms. The van der Waals surface area contributed by atoms with Crippen LogP contribution in [-0.2, 0) is 14.3 Å². The van der Waals surface area contributed by atoms with Crippen LogP contribution >= 0.6 is 0 Å². The van der Waals surface area contributed by atoms with Crippen molar-refractivity contribution in [1.82, 2.24) is 0 Å². The summed E-state index contributed by atoms with van der Waals surface area (Å²) in [4.78, 5) is 11.2. The number of fused-ring (bicyclic) bond motifs is 2. The average molecular weight is 194 g/mol. The van der Waals surface area contributed by atoms with Crippen molar-refractivity contribution in [3.8, 4) is 0 Å². The van der Waals surface area contributed by atoms with Gasteiger partial charge >= 0.3 is 5.97 Å². The molecular weight excluding hydrogens is 180 g/mol. The summed E-state index contributed by atoms with van der Waals surface area (Å²) in [5.41, 5.74) is 0.0911. The van der Waals surface area contributed by atoms with E-state index in [1.54, 1.807) is 6.92 Å². The molecule has 3 nitrogen and oxygen atoms in total. The second kappa shape index (κ2) is 3.24. The molecule has 0 aromatic carbocycles. The maximum absolute atomic E-state index is 11.2. The smallest absolute Gasteiger partial charge is 0.333 e. The van der Waals surface area contributed by atoms with Gasteiger partial charge in [-0.3, -0.25) is 0 Å². The molecule has 0 aliphatic carbocycles. The number of ether oxygens (including phenoxy) is 2. The molecule has 0 N–H and O–H groups in total. The lowest BCUT2D eigenvalue weighted by atomic mass is 9.96. The van der Waals surface area contributed by atoms with E-state index in [2.05, 4.69) is 6.58 Å². The standard InChI is InChI=1S/C11H14O3/c1-8(2)10(12)13-7-11-5-3-9(14-11)4-6-11/h3,5,9H,1,4,6-7H2,2H3. The normalized spacial score (nSPS) is 33.4. The van der Waals surface area contributed by atoms with Gasteiger partial charge in [0.2, 0.25) is 0 Å². The van der Waals surface area contributed by atoms with E-state index in [4.69, 9.17) is 9.47 Å². The lowest BCUT2D eigenvalue weighted by Gasteiger charge is -2.21. The van der Waals surface area contributed by atoms with E-state index < -0.39 is 0 Å². The topological polar surface area (TPSA) is 35.5 Å². The quantitative estimate of drug-likeness (QED) is 0.389. The molecular formula is C11H14O3. The van der Waals surface area contributed by atoms with Crippen LogP contribution in [0.2, 0.25) is 0 Å². The first-order valence-corrected chi connectivity index (χ1v) is 4.81. The molecule has 76 valence electrons. The van der Waals surface area contributed by atoms with Gasteiger partial charge in [0.15, 0.2) is 0 Å². The van der Waals surface area contributed by atoms with E-state index in [0.717, 1.165) is 12.8 Å². The summed E-state index contributed by atoms with van der Waals surface area (Å²) in [6, 6.07) is 0. The van der Waals surface area contributed by atoms with Crippen LogP contribution in [0.5, 0.6) is 0 Å². The minimum atomic E-state index is -0.341.